The minimum Gasteiger partial charge on any atom is -0.545 e. The topological polar surface area (TPSA) is 111 Å². The van der Waals surface area contributed by atoms with Gasteiger partial charge in [0, 0.05) is 12.8 Å². The third kappa shape index (κ3) is 87.8. The summed E-state index contributed by atoms with van der Waals surface area (Å²) in [6, 6.07) is 0. The summed E-state index contributed by atoms with van der Waals surface area (Å²) >= 11 is 0. The van der Waals surface area contributed by atoms with Crippen molar-refractivity contribution in [3.05, 3.63) is 72.9 Å². The van der Waals surface area contributed by atoms with Crippen LogP contribution in [0.3, 0.4) is 0 Å². The average molecular weight is 1470 g/mol. The van der Waals surface area contributed by atoms with Gasteiger partial charge in [-0.2, -0.15) is 0 Å². The Hall–Kier alpha value is -3.27. The number of ether oxygens (including phenoxy) is 4. The van der Waals surface area contributed by atoms with Gasteiger partial charge < -0.3 is 33.3 Å². The van der Waals surface area contributed by atoms with E-state index in [9.17, 15) is 19.5 Å². The number of nitrogens with zero attached hydrogens (tertiary/aromatic N) is 1. The zero-order chi connectivity index (χ0) is 76.0. The SMILES string of the molecule is CC/C=C\C/C=C\C/C=C\C/C=C\CCCCCCCCCCCCCCCCCCCCCCCCCCCCC(=O)OC(COC(=O)CCCCCCCCCCCCCCCCCCCCCCCCCCCCCCC/C=C\C/C=C\CCCCCCC)COC(OCC[N+](C)(C)C)C(=O)[O-]. The predicted octanol–water partition coefficient (Wildman–Crippen LogP) is 28.9. The lowest BCUT2D eigenvalue weighted by molar-refractivity contribution is -0.870. The van der Waals surface area contributed by atoms with Crippen LogP contribution in [0.1, 0.15) is 463 Å². The minimum atomic E-state index is -1.62. The summed E-state index contributed by atoms with van der Waals surface area (Å²) in [6.07, 6.45) is 115. The second-order valence-electron chi connectivity index (χ2n) is 32.6. The highest BCUT2D eigenvalue weighted by Gasteiger charge is 2.22. The third-order valence-electron chi connectivity index (χ3n) is 20.9. The molecular weight excluding hydrogens is 1300 g/mol. The third-order valence-corrected chi connectivity index (χ3v) is 20.9. The normalized spacial score (nSPS) is 12.9. The number of hydrogen-bond donors (Lipinski definition) is 0. The van der Waals surface area contributed by atoms with Gasteiger partial charge in [0.1, 0.15) is 13.2 Å². The lowest BCUT2D eigenvalue weighted by atomic mass is 10.0. The summed E-state index contributed by atoms with van der Waals surface area (Å²) in [6.45, 7) is 4.70. The first-order chi connectivity index (χ1) is 51.6. The van der Waals surface area contributed by atoms with Crippen molar-refractivity contribution in [1.29, 1.82) is 0 Å². The smallest absolute Gasteiger partial charge is 0.306 e. The van der Waals surface area contributed by atoms with Crippen molar-refractivity contribution in [2.75, 3.05) is 47.5 Å². The Balaban J connectivity index is 3.88. The molecule has 0 radical (unpaired) electrons. The van der Waals surface area contributed by atoms with Gasteiger partial charge in [-0.3, -0.25) is 9.59 Å². The molecular formula is C96H177NO8. The van der Waals surface area contributed by atoms with Crippen molar-refractivity contribution >= 4 is 17.9 Å². The highest BCUT2D eigenvalue weighted by molar-refractivity contribution is 5.70. The summed E-state index contributed by atoms with van der Waals surface area (Å²) in [4.78, 5) is 37.7. The van der Waals surface area contributed by atoms with E-state index in [4.69, 9.17) is 18.9 Å². The van der Waals surface area contributed by atoms with E-state index in [1.165, 1.54) is 366 Å². The number of aliphatic carboxylic acids is 1. The molecule has 614 valence electrons. The molecule has 2 atom stereocenters. The highest BCUT2D eigenvalue weighted by atomic mass is 16.7. The van der Waals surface area contributed by atoms with E-state index in [2.05, 4.69) is 86.8 Å². The van der Waals surface area contributed by atoms with Crippen LogP contribution >= 0.6 is 0 Å². The number of likely N-dealkylation sites (N-methyl/N-ethyl adjacent to an activating group) is 1. The van der Waals surface area contributed by atoms with Crippen LogP contribution in [0.15, 0.2) is 72.9 Å². The van der Waals surface area contributed by atoms with E-state index in [0.717, 1.165) is 70.6 Å². The molecule has 0 aromatic carbocycles. The summed E-state index contributed by atoms with van der Waals surface area (Å²) in [5, 5.41) is 11.9. The summed E-state index contributed by atoms with van der Waals surface area (Å²) in [7, 11) is 5.96. The van der Waals surface area contributed by atoms with Gasteiger partial charge in [0.05, 0.1) is 40.3 Å². The van der Waals surface area contributed by atoms with Crippen molar-refractivity contribution in [3.63, 3.8) is 0 Å². The molecule has 0 aliphatic rings. The van der Waals surface area contributed by atoms with Crippen LogP contribution in [0.2, 0.25) is 0 Å². The van der Waals surface area contributed by atoms with E-state index >= 15 is 0 Å². The van der Waals surface area contributed by atoms with Crippen LogP contribution in [0.4, 0.5) is 0 Å². The number of allylic oxidation sites excluding steroid dienone is 12. The number of carbonyl (C=O) groups excluding carboxylic acids is 3. The van der Waals surface area contributed by atoms with E-state index in [0.29, 0.717) is 17.4 Å². The first-order valence-electron chi connectivity index (χ1n) is 46.1. The molecule has 0 aliphatic heterocycles. The van der Waals surface area contributed by atoms with Crippen molar-refractivity contribution in [3.8, 4) is 0 Å². The number of carbonyl (C=O) groups is 3. The van der Waals surface area contributed by atoms with Crippen molar-refractivity contribution in [2.45, 2.75) is 476 Å². The summed E-state index contributed by atoms with van der Waals surface area (Å²) in [5.74, 6) is -2.25. The Morgan fingerprint density at radius 2 is 0.543 bits per heavy atom. The number of carboxylic acid groups (broad SMARTS) is 1. The summed E-state index contributed by atoms with van der Waals surface area (Å²) in [5.41, 5.74) is 0. The van der Waals surface area contributed by atoms with Crippen LogP contribution in [-0.2, 0) is 33.3 Å². The maximum Gasteiger partial charge on any atom is 0.306 e. The van der Waals surface area contributed by atoms with Gasteiger partial charge in [0.15, 0.2) is 12.4 Å². The number of quaternary nitrogens is 1. The molecule has 0 aromatic heterocycles. The van der Waals surface area contributed by atoms with Crippen LogP contribution in [0.5, 0.6) is 0 Å². The van der Waals surface area contributed by atoms with Gasteiger partial charge in [-0.15, -0.1) is 0 Å². The molecule has 0 spiro atoms. The highest BCUT2D eigenvalue weighted by Crippen LogP contribution is 2.21. The lowest BCUT2D eigenvalue weighted by Gasteiger charge is -2.26. The Labute approximate surface area is 653 Å². The van der Waals surface area contributed by atoms with Crippen LogP contribution in [0.25, 0.3) is 0 Å². The molecule has 9 heteroatoms. The molecule has 105 heavy (non-hydrogen) atoms. The molecule has 0 rings (SSSR count). The first-order valence-corrected chi connectivity index (χ1v) is 46.1. The van der Waals surface area contributed by atoms with Crippen molar-refractivity contribution in [2.24, 2.45) is 0 Å². The molecule has 2 unspecified atom stereocenters. The van der Waals surface area contributed by atoms with E-state index in [1.807, 2.05) is 21.1 Å². The van der Waals surface area contributed by atoms with Crippen LogP contribution < -0.4 is 5.11 Å². The fourth-order valence-corrected chi connectivity index (χ4v) is 14.0. The van der Waals surface area contributed by atoms with Gasteiger partial charge >= 0.3 is 11.9 Å². The number of unbranched alkanes of at least 4 members (excludes halogenated alkanes) is 60. The van der Waals surface area contributed by atoms with Crippen molar-refractivity contribution in [1.82, 2.24) is 0 Å². The van der Waals surface area contributed by atoms with Gasteiger partial charge in [-0.25, -0.2) is 0 Å². The minimum absolute atomic E-state index is 0.151. The van der Waals surface area contributed by atoms with Gasteiger partial charge in [0.25, 0.3) is 0 Å². The molecule has 0 bridgehead atoms. The average Bonchev–Trinajstić information content (AvgIpc) is 1.97. The zero-order valence-electron chi connectivity index (χ0n) is 70.6. The van der Waals surface area contributed by atoms with Crippen molar-refractivity contribution < 1.29 is 42.9 Å². The largest absolute Gasteiger partial charge is 0.545 e. The molecule has 0 aliphatic carbocycles. The molecule has 0 fully saturated rings. The Kier molecular flexibility index (Phi) is 83.6. The summed E-state index contributed by atoms with van der Waals surface area (Å²) < 4.78 is 22.9. The van der Waals surface area contributed by atoms with Gasteiger partial charge in [-0.05, 0) is 83.5 Å². The van der Waals surface area contributed by atoms with Crippen LogP contribution in [0, 0.1) is 0 Å². The number of esters is 2. The maximum atomic E-state index is 13.0. The number of hydrogen-bond acceptors (Lipinski definition) is 8. The monoisotopic (exact) mass is 1470 g/mol. The first kappa shape index (κ1) is 102. The van der Waals surface area contributed by atoms with Gasteiger partial charge in [-0.1, -0.05) is 440 Å². The van der Waals surface area contributed by atoms with E-state index in [1.54, 1.807) is 0 Å². The van der Waals surface area contributed by atoms with E-state index < -0.39 is 24.3 Å². The molecule has 0 aromatic rings. The Morgan fingerprint density at radius 3 is 0.810 bits per heavy atom. The molecule has 0 N–H and O–H groups in total. The molecule has 0 saturated heterocycles. The molecule has 0 heterocycles. The Morgan fingerprint density at radius 1 is 0.295 bits per heavy atom. The quantitative estimate of drug-likeness (QED) is 0.0195. The standard InChI is InChI=1S/C96H177NO8/c1-6-8-10-12-14-16-18-20-22-24-26-28-30-32-34-36-38-40-42-44-46-47-49-50-52-54-56-58-60-62-64-66-68-70-72-74-76-78-80-82-84-86-93(98)103-90-92(91-104-96(95(100)101)102-89-88-97(3,4)5)105-94(99)87-85-83-81-79-77-75-73-71-69-67-65-63-61-59-57-55-53-51-48-45-43-41-39-37-35-33-31-29-27-25-23-21-19-17-15-13-11-9-7-2/h9,11,15,17-18,20-21,23-24,26-27,29,92,96H,6-8,10,12-14,16,19,22,25,28,30-91H2,1-5H3/b11-9-,17-15-,20-18-,23-21-,26-24-,29-27-. The predicted molar refractivity (Wildman–Crippen MR) is 454 cm³/mol. The fourth-order valence-electron chi connectivity index (χ4n) is 14.0. The number of rotatable bonds is 87. The maximum absolute atomic E-state index is 13.0. The van der Waals surface area contributed by atoms with Crippen LogP contribution in [-0.4, -0.2) is 82.3 Å². The Bertz CT molecular complexity index is 1970. The second kappa shape index (κ2) is 86.3. The molecule has 9 nitrogen and oxygen atoms in total. The van der Waals surface area contributed by atoms with Gasteiger partial charge in [0.2, 0.25) is 0 Å². The lowest BCUT2D eigenvalue weighted by Crippen LogP contribution is -2.44. The van der Waals surface area contributed by atoms with E-state index in [-0.39, 0.29) is 32.2 Å². The number of carboxylic acids is 1. The molecule has 0 amide bonds. The molecule has 0 saturated carbocycles. The zero-order valence-corrected chi connectivity index (χ0v) is 70.6. The fraction of sp³-hybridized carbons (Fsp3) is 0.844. The second-order valence-corrected chi connectivity index (χ2v) is 32.6.